The third-order valence-electron chi connectivity index (χ3n) is 8.71. The maximum Gasteiger partial charge on any atom is 0.344 e. The Bertz CT molecular complexity index is 1440. The number of rotatable bonds is 11. The zero-order chi connectivity index (χ0) is 32.3. The van der Waals surface area contributed by atoms with Crippen molar-refractivity contribution >= 4 is 31.2 Å². The summed E-state index contributed by atoms with van der Waals surface area (Å²) in [5.74, 6) is 0.124. The van der Waals surface area contributed by atoms with Crippen LogP contribution >= 0.6 is 0 Å². The summed E-state index contributed by atoms with van der Waals surface area (Å²) in [7, 11) is -0.0335. The second kappa shape index (κ2) is 13.5. The van der Waals surface area contributed by atoms with Crippen LogP contribution in [0.4, 0.5) is 0 Å². The van der Waals surface area contributed by atoms with Gasteiger partial charge in [-0.3, -0.25) is 9.69 Å². The van der Waals surface area contributed by atoms with Crippen molar-refractivity contribution in [2.75, 3.05) is 33.3 Å². The third kappa shape index (κ3) is 8.73. The molecule has 0 radical (unpaired) electrons. The van der Waals surface area contributed by atoms with Crippen LogP contribution in [-0.4, -0.2) is 75.0 Å². The van der Waals surface area contributed by atoms with E-state index >= 15 is 0 Å². The van der Waals surface area contributed by atoms with Crippen LogP contribution in [0.25, 0.3) is 11.0 Å². The SMILES string of the molecule is CN(C(=O)Cc1coc2ccccc12)[C@H](CN1CC[C@@H](O[Si](C)(C)C(C)(C)C)C1)c1cccc(OCC(=O)OC(C)(C)C)c1. The molecule has 9 heteroatoms. The van der Waals surface area contributed by atoms with Crippen LogP contribution in [0, 0.1) is 0 Å². The molecule has 0 saturated carbocycles. The molecule has 1 aromatic heterocycles. The summed E-state index contributed by atoms with van der Waals surface area (Å²) in [6, 6.07) is 15.2. The van der Waals surface area contributed by atoms with Crippen molar-refractivity contribution in [2.45, 2.75) is 90.3 Å². The Kier molecular flexibility index (Phi) is 10.3. The fraction of sp³-hybridized carbons (Fsp3) is 0.543. The van der Waals surface area contributed by atoms with Crippen molar-refractivity contribution < 1.29 is 27.9 Å². The summed E-state index contributed by atoms with van der Waals surface area (Å²) in [4.78, 5) is 30.3. The number of hydrogen-bond donors (Lipinski definition) is 0. The highest BCUT2D eigenvalue weighted by molar-refractivity contribution is 6.74. The number of furan rings is 1. The van der Waals surface area contributed by atoms with E-state index in [9.17, 15) is 9.59 Å². The van der Waals surface area contributed by atoms with Crippen LogP contribution < -0.4 is 4.74 Å². The predicted molar refractivity (Wildman–Crippen MR) is 176 cm³/mol. The number of nitrogens with zero attached hydrogens (tertiary/aromatic N) is 2. The number of benzene rings is 2. The number of amides is 1. The summed E-state index contributed by atoms with van der Waals surface area (Å²) in [5, 5.41) is 1.10. The highest BCUT2D eigenvalue weighted by Gasteiger charge is 2.41. The van der Waals surface area contributed by atoms with Gasteiger partial charge in [0.05, 0.1) is 24.8 Å². The molecule has 44 heavy (non-hydrogen) atoms. The normalized spacial score (nSPS) is 17.1. The van der Waals surface area contributed by atoms with Gasteiger partial charge in [-0.25, -0.2) is 4.79 Å². The van der Waals surface area contributed by atoms with E-state index in [0.717, 1.165) is 41.6 Å². The molecule has 0 bridgehead atoms. The van der Waals surface area contributed by atoms with E-state index in [-0.39, 0.29) is 36.1 Å². The summed E-state index contributed by atoms with van der Waals surface area (Å²) in [6.45, 7) is 19.1. The third-order valence-corrected chi connectivity index (χ3v) is 13.2. The number of fused-ring (bicyclic) bond motifs is 1. The standard InChI is InChI=1S/C35H50N2O6Si/c1-34(2,3)42-33(39)24-40-27-14-12-13-25(19-27)30(22-37-18-17-28(21-37)43-44(8,9)35(4,5)6)36(7)32(38)20-26-23-41-31-16-11-10-15-29(26)31/h10-16,19,23,28,30H,17-18,20-22,24H2,1-9H3/t28-,30-/m1/s1. The number of likely N-dealkylation sites (tertiary alicyclic amines) is 1. The lowest BCUT2D eigenvalue weighted by Crippen LogP contribution is -2.45. The van der Waals surface area contributed by atoms with Crippen molar-refractivity contribution in [3.05, 3.63) is 65.9 Å². The number of para-hydroxylation sites is 1. The summed E-state index contributed by atoms with van der Waals surface area (Å²) in [5.41, 5.74) is 2.00. The fourth-order valence-electron chi connectivity index (χ4n) is 5.30. The smallest absolute Gasteiger partial charge is 0.344 e. The van der Waals surface area contributed by atoms with Gasteiger partial charge in [-0.2, -0.15) is 0 Å². The van der Waals surface area contributed by atoms with E-state index in [0.29, 0.717) is 12.3 Å². The van der Waals surface area contributed by atoms with Crippen LogP contribution in [0.2, 0.25) is 18.1 Å². The first kappa shape index (κ1) is 33.7. The monoisotopic (exact) mass is 622 g/mol. The Balaban J connectivity index is 1.53. The van der Waals surface area contributed by atoms with Gasteiger partial charge in [-0.15, -0.1) is 0 Å². The van der Waals surface area contributed by atoms with Crippen molar-refractivity contribution in [3.8, 4) is 5.75 Å². The van der Waals surface area contributed by atoms with Gasteiger partial charge in [0.15, 0.2) is 14.9 Å². The second-order valence-corrected chi connectivity index (χ2v) is 19.2. The van der Waals surface area contributed by atoms with Gasteiger partial charge in [0.25, 0.3) is 0 Å². The van der Waals surface area contributed by atoms with Gasteiger partial charge >= 0.3 is 5.97 Å². The van der Waals surface area contributed by atoms with E-state index in [4.69, 9.17) is 18.3 Å². The first-order chi connectivity index (χ1) is 20.5. The lowest BCUT2D eigenvalue weighted by molar-refractivity contribution is -0.157. The van der Waals surface area contributed by atoms with Gasteiger partial charge in [0.1, 0.15) is 16.9 Å². The topological polar surface area (TPSA) is 81.5 Å². The second-order valence-electron chi connectivity index (χ2n) is 14.5. The maximum atomic E-state index is 13.8. The molecule has 1 saturated heterocycles. The minimum Gasteiger partial charge on any atom is -0.482 e. The van der Waals surface area contributed by atoms with Crippen molar-refractivity contribution in [3.63, 3.8) is 0 Å². The molecule has 2 heterocycles. The van der Waals surface area contributed by atoms with Crippen molar-refractivity contribution in [1.82, 2.24) is 9.80 Å². The number of ether oxygens (including phenoxy) is 2. The molecule has 8 nitrogen and oxygen atoms in total. The Morgan fingerprint density at radius 1 is 1.07 bits per heavy atom. The van der Waals surface area contributed by atoms with Crippen molar-refractivity contribution in [1.29, 1.82) is 0 Å². The highest BCUT2D eigenvalue weighted by atomic mass is 28.4. The van der Waals surface area contributed by atoms with Gasteiger partial charge in [-0.05, 0) is 69.1 Å². The molecule has 1 fully saturated rings. The molecule has 1 aliphatic heterocycles. The molecule has 0 N–H and O–H groups in total. The van der Waals surface area contributed by atoms with E-state index in [2.05, 4.69) is 38.8 Å². The Morgan fingerprint density at radius 3 is 2.50 bits per heavy atom. The van der Waals surface area contributed by atoms with E-state index in [1.165, 1.54) is 0 Å². The first-order valence-electron chi connectivity index (χ1n) is 15.6. The van der Waals surface area contributed by atoms with E-state index in [1.807, 2.05) is 81.2 Å². The van der Waals surface area contributed by atoms with E-state index < -0.39 is 19.9 Å². The maximum absolute atomic E-state index is 13.8. The van der Waals surface area contributed by atoms with Gasteiger partial charge < -0.3 is 23.2 Å². The predicted octanol–water partition coefficient (Wildman–Crippen LogP) is 6.99. The highest BCUT2D eigenvalue weighted by Crippen LogP contribution is 2.38. The largest absolute Gasteiger partial charge is 0.482 e. The molecule has 240 valence electrons. The lowest BCUT2D eigenvalue weighted by atomic mass is 10.0. The average Bonchev–Trinajstić information content (AvgIpc) is 3.55. The zero-order valence-corrected chi connectivity index (χ0v) is 28.9. The quantitative estimate of drug-likeness (QED) is 0.168. The molecule has 4 rings (SSSR count). The van der Waals surface area contributed by atoms with Crippen LogP contribution in [0.5, 0.6) is 5.75 Å². The number of likely N-dealkylation sites (N-methyl/N-ethyl adjacent to an activating group) is 1. The number of esters is 1. The number of carbonyl (C=O) groups is 2. The molecule has 0 spiro atoms. The molecule has 0 unspecified atom stereocenters. The minimum absolute atomic E-state index is 0.00472. The molecular weight excluding hydrogens is 572 g/mol. The summed E-state index contributed by atoms with van der Waals surface area (Å²) in [6.07, 6.45) is 3.06. The van der Waals surface area contributed by atoms with Crippen LogP contribution in [0.1, 0.15) is 65.1 Å². The van der Waals surface area contributed by atoms with E-state index in [1.54, 1.807) is 6.26 Å². The average molecular weight is 623 g/mol. The van der Waals surface area contributed by atoms with Crippen molar-refractivity contribution in [2.24, 2.45) is 0 Å². The Hall–Kier alpha value is -3.14. The lowest BCUT2D eigenvalue weighted by Gasteiger charge is -2.38. The number of hydrogen-bond acceptors (Lipinski definition) is 7. The van der Waals surface area contributed by atoms with Crippen LogP contribution in [0.15, 0.2) is 59.2 Å². The van der Waals surface area contributed by atoms with Crippen LogP contribution in [0.3, 0.4) is 0 Å². The van der Waals surface area contributed by atoms with Crippen LogP contribution in [-0.2, 0) is 25.2 Å². The molecule has 0 aliphatic carbocycles. The fourth-order valence-corrected chi connectivity index (χ4v) is 6.68. The van der Waals surface area contributed by atoms with Gasteiger partial charge in [0.2, 0.25) is 5.91 Å². The molecule has 2 atom stereocenters. The van der Waals surface area contributed by atoms with Gasteiger partial charge in [0, 0.05) is 37.6 Å². The minimum atomic E-state index is -1.90. The molecule has 1 amide bonds. The zero-order valence-electron chi connectivity index (χ0n) is 27.9. The summed E-state index contributed by atoms with van der Waals surface area (Å²) >= 11 is 0. The molecule has 2 aromatic carbocycles. The molecule has 3 aromatic rings. The Morgan fingerprint density at radius 2 is 1.80 bits per heavy atom. The molecular formula is C35H50N2O6Si. The Labute approximate surface area is 263 Å². The van der Waals surface area contributed by atoms with Gasteiger partial charge in [-0.1, -0.05) is 51.1 Å². The summed E-state index contributed by atoms with van der Waals surface area (Å²) < 4.78 is 23.7. The first-order valence-corrected chi connectivity index (χ1v) is 18.5. The number of carbonyl (C=O) groups excluding carboxylic acids is 2. The molecule has 1 aliphatic rings.